The van der Waals surface area contributed by atoms with Gasteiger partial charge < -0.3 is 9.63 Å². The molecule has 0 bridgehead atoms. The normalized spacial score (nSPS) is 18.6. The van der Waals surface area contributed by atoms with Crippen LogP contribution in [0.1, 0.15) is 19.8 Å². The van der Waals surface area contributed by atoms with Crippen molar-refractivity contribution >= 4 is 25.5 Å². The number of para-hydroxylation sites is 1. The molecular formula is C13H15N2O7P. The first-order valence-electron chi connectivity index (χ1n) is 6.71. The lowest BCUT2D eigenvalue weighted by Crippen LogP contribution is -2.37. The molecule has 0 saturated carbocycles. The summed E-state index contributed by atoms with van der Waals surface area (Å²) in [5, 5.41) is 11.5. The van der Waals surface area contributed by atoms with E-state index in [1.807, 2.05) is 0 Å². The lowest BCUT2D eigenvalue weighted by atomic mass is 10.3. The lowest BCUT2D eigenvalue weighted by Gasteiger charge is -2.24. The van der Waals surface area contributed by atoms with E-state index in [1.165, 1.54) is 19.1 Å². The molecule has 1 fully saturated rings. The van der Waals surface area contributed by atoms with Crippen molar-refractivity contribution in [3.8, 4) is 5.75 Å². The number of carbonyl (C=O) groups excluding carboxylic acids is 2. The van der Waals surface area contributed by atoms with Gasteiger partial charge in [-0.25, -0.2) is 4.57 Å². The summed E-state index contributed by atoms with van der Waals surface area (Å²) in [5.74, 6) is -2.52. The number of aliphatic carboxylic acids is 1. The third kappa shape index (κ3) is 4.38. The summed E-state index contributed by atoms with van der Waals surface area (Å²) in [6.45, 7) is 1.22. The standard InChI is InChI=1S/C13H15N2O7P/c1-9(13(18)19)14-23(20,21-10-5-3-2-4-6-10)22-15-11(16)7-8-12(15)17/h2-6,9H,7-8H2,1H3,(H,14,20)(H,18,19). The molecule has 2 unspecified atom stereocenters. The van der Waals surface area contributed by atoms with E-state index in [2.05, 4.69) is 5.09 Å². The number of hydrogen-bond acceptors (Lipinski definition) is 6. The summed E-state index contributed by atoms with van der Waals surface area (Å²) in [4.78, 5) is 34.1. The van der Waals surface area contributed by atoms with Crippen LogP contribution in [0.5, 0.6) is 5.75 Å². The van der Waals surface area contributed by atoms with Gasteiger partial charge >= 0.3 is 13.7 Å². The molecule has 2 amide bonds. The van der Waals surface area contributed by atoms with E-state index >= 15 is 0 Å². The monoisotopic (exact) mass is 342 g/mol. The summed E-state index contributed by atoms with van der Waals surface area (Å²) in [6.07, 6.45) is -0.142. The first-order valence-corrected chi connectivity index (χ1v) is 8.26. The van der Waals surface area contributed by atoms with Gasteiger partial charge in [-0.15, -0.1) is 5.06 Å². The van der Waals surface area contributed by atoms with E-state index in [-0.39, 0.29) is 18.6 Å². The highest BCUT2D eigenvalue weighted by Crippen LogP contribution is 2.46. The number of hydroxylamine groups is 2. The SMILES string of the molecule is CC(NP(=O)(Oc1ccccc1)ON1C(=O)CCC1=O)C(=O)O. The number of carboxylic acid groups (broad SMARTS) is 1. The van der Waals surface area contributed by atoms with Gasteiger partial charge in [0, 0.05) is 12.8 Å². The average Bonchev–Trinajstić information content (AvgIpc) is 2.79. The van der Waals surface area contributed by atoms with Gasteiger partial charge in [0.15, 0.2) is 0 Å². The number of benzene rings is 1. The van der Waals surface area contributed by atoms with Crippen molar-refractivity contribution in [2.45, 2.75) is 25.8 Å². The summed E-state index contributed by atoms with van der Waals surface area (Å²) >= 11 is 0. The molecular weight excluding hydrogens is 327 g/mol. The maximum absolute atomic E-state index is 12.8. The molecule has 10 heteroatoms. The summed E-state index contributed by atoms with van der Waals surface area (Å²) in [6, 6.07) is 6.55. The Labute approximate surface area is 131 Å². The highest BCUT2D eigenvalue weighted by Gasteiger charge is 2.41. The average molecular weight is 342 g/mol. The van der Waals surface area contributed by atoms with Crippen molar-refractivity contribution in [1.82, 2.24) is 10.2 Å². The number of imide groups is 1. The molecule has 23 heavy (non-hydrogen) atoms. The fourth-order valence-electron chi connectivity index (χ4n) is 1.73. The molecule has 1 aliphatic heterocycles. The largest absolute Gasteiger partial charge is 0.481 e. The molecule has 0 spiro atoms. The molecule has 1 aliphatic rings. The summed E-state index contributed by atoms with van der Waals surface area (Å²) in [7, 11) is -4.32. The fourth-order valence-corrected chi connectivity index (χ4v) is 3.25. The molecule has 1 aromatic rings. The second kappa shape index (κ2) is 6.91. The Morgan fingerprint density at radius 3 is 2.35 bits per heavy atom. The first-order chi connectivity index (χ1) is 10.8. The zero-order valence-corrected chi connectivity index (χ0v) is 13.1. The zero-order chi connectivity index (χ0) is 17.0. The van der Waals surface area contributed by atoms with Crippen LogP contribution in [0.25, 0.3) is 0 Å². The van der Waals surface area contributed by atoms with Crippen LogP contribution in [0.4, 0.5) is 0 Å². The van der Waals surface area contributed by atoms with Crippen LogP contribution in [0.3, 0.4) is 0 Å². The second-order valence-electron chi connectivity index (χ2n) is 4.75. The number of hydrogen-bond donors (Lipinski definition) is 2. The Balaban J connectivity index is 2.23. The van der Waals surface area contributed by atoms with Crippen LogP contribution in [0.15, 0.2) is 30.3 Å². The van der Waals surface area contributed by atoms with Crippen molar-refractivity contribution in [3.63, 3.8) is 0 Å². The van der Waals surface area contributed by atoms with Crippen molar-refractivity contribution in [3.05, 3.63) is 30.3 Å². The first kappa shape index (κ1) is 17.1. The predicted octanol–water partition coefficient (Wildman–Crippen LogP) is 1.32. The Morgan fingerprint density at radius 2 is 1.83 bits per heavy atom. The zero-order valence-electron chi connectivity index (χ0n) is 12.2. The van der Waals surface area contributed by atoms with Gasteiger partial charge in [-0.3, -0.25) is 14.4 Å². The molecule has 0 aliphatic carbocycles. The maximum Gasteiger partial charge on any atom is 0.481 e. The van der Waals surface area contributed by atoms with E-state index in [0.29, 0.717) is 5.06 Å². The van der Waals surface area contributed by atoms with Crippen LogP contribution >= 0.6 is 7.75 Å². The van der Waals surface area contributed by atoms with E-state index in [1.54, 1.807) is 18.2 Å². The summed E-state index contributed by atoms with van der Waals surface area (Å²) in [5.41, 5.74) is 0. The van der Waals surface area contributed by atoms with Crippen molar-refractivity contribution in [2.75, 3.05) is 0 Å². The topological polar surface area (TPSA) is 122 Å². The molecule has 2 rings (SSSR count). The third-order valence-corrected chi connectivity index (χ3v) is 4.42. The Morgan fingerprint density at radius 1 is 1.26 bits per heavy atom. The van der Waals surface area contributed by atoms with E-state index in [4.69, 9.17) is 14.3 Å². The van der Waals surface area contributed by atoms with Crippen LogP contribution in [-0.4, -0.2) is 34.0 Å². The van der Waals surface area contributed by atoms with E-state index in [9.17, 15) is 18.9 Å². The minimum atomic E-state index is -4.32. The van der Waals surface area contributed by atoms with Crippen molar-refractivity contribution in [1.29, 1.82) is 0 Å². The van der Waals surface area contributed by atoms with Crippen LogP contribution in [-0.2, 0) is 23.6 Å². The molecule has 0 radical (unpaired) electrons. The van der Waals surface area contributed by atoms with E-state index in [0.717, 1.165) is 0 Å². The van der Waals surface area contributed by atoms with Gasteiger partial charge in [-0.1, -0.05) is 18.2 Å². The molecule has 9 nitrogen and oxygen atoms in total. The van der Waals surface area contributed by atoms with Crippen LogP contribution < -0.4 is 9.61 Å². The minimum Gasteiger partial charge on any atom is -0.480 e. The van der Waals surface area contributed by atoms with Crippen molar-refractivity contribution in [2.24, 2.45) is 0 Å². The Kier molecular flexibility index (Phi) is 5.15. The van der Waals surface area contributed by atoms with Crippen LogP contribution in [0.2, 0.25) is 0 Å². The molecule has 1 saturated heterocycles. The minimum absolute atomic E-state index is 0.0708. The van der Waals surface area contributed by atoms with E-state index < -0.39 is 31.6 Å². The van der Waals surface area contributed by atoms with Gasteiger partial charge in [-0.05, 0) is 19.1 Å². The molecule has 2 N–H and O–H groups in total. The maximum atomic E-state index is 12.8. The van der Waals surface area contributed by atoms with Gasteiger partial charge in [-0.2, -0.15) is 9.71 Å². The highest BCUT2D eigenvalue weighted by atomic mass is 31.2. The fraction of sp³-hybridized carbons (Fsp3) is 0.308. The predicted molar refractivity (Wildman–Crippen MR) is 77.1 cm³/mol. The van der Waals surface area contributed by atoms with Gasteiger partial charge in [0.1, 0.15) is 11.8 Å². The Bertz CT molecular complexity index is 648. The molecule has 1 aromatic carbocycles. The van der Waals surface area contributed by atoms with Crippen LogP contribution in [0, 0.1) is 0 Å². The highest BCUT2D eigenvalue weighted by molar-refractivity contribution is 7.52. The number of nitrogens with one attached hydrogen (secondary N) is 1. The summed E-state index contributed by atoms with van der Waals surface area (Å²) < 4.78 is 22.9. The smallest absolute Gasteiger partial charge is 0.480 e. The number of amides is 2. The van der Waals surface area contributed by atoms with Crippen molar-refractivity contribution < 1.29 is 33.2 Å². The van der Waals surface area contributed by atoms with Gasteiger partial charge in [0.2, 0.25) is 0 Å². The number of carboxylic acids is 1. The molecule has 1 heterocycles. The number of nitrogens with zero attached hydrogens (tertiary/aromatic N) is 1. The van der Waals surface area contributed by atoms with Gasteiger partial charge in [0.25, 0.3) is 11.8 Å². The number of rotatable bonds is 7. The molecule has 2 atom stereocenters. The lowest BCUT2D eigenvalue weighted by molar-refractivity contribution is -0.166. The quantitative estimate of drug-likeness (QED) is 0.562. The third-order valence-electron chi connectivity index (χ3n) is 2.89. The van der Waals surface area contributed by atoms with Gasteiger partial charge in [0.05, 0.1) is 0 Å². The molecule has 0 aromatic heterocycles. The molecule has 124 valence electrons. The number of carbonyl (C=O) groups is 3. The Hall–Kier alpha value is -2.22. The second-order valence-corrected chi connectivity index (χ2v) is 6.35.